The third-order valence-corrected chi connectivity index (χ3v) is 21.4. The summed E-state index contributed by atoms with van der Waals surface area (Å²) in [5.74, 6) is -1.43. The molecule has 0 saturated carbocycles. The Balaban J connectivity index is 5.21. The molecule has 0 amide bonds. The predicted octanol–water partition coefficient (Wildman–Crippen LogP) is 25.2. The maximum absolute atomic E-state index is 13.1. The highest BCUT2D eigenvalue weighted by Crippen LogP contribution is 2.45. The lowest BCUT2D eigenvalue weighted by atomic mass is 10.0. The van der Waals surface area contributed by atoms with Gasteiger partial charge in [0.1, 0.15) is 19.3 Å². The first-order chi connectivity index (χ1) is 49.5. The lowest BCUT2D eigenvalue weighted by Crippen LogP contribution is -2.30. The number of carbonyl (C=O) groups is 4. The summed E-state index contributed by atoms with van der Waals surface area (Å²) in [7, 11) is -9.92. The number of hydrogen-bond donors (Lipinski definition) is 3. The number of carbonyl (C=O) groups excluding carboxylic acids is 4. The smallest absolute Gasteiger partial charge is 0.462 e. The molecular weight excluding hydrogens is 1330 g/mol. The van der Waals surface area contributed by atoms with Gasteiger partial charge in [0.25, 0.3) is 0 Å². The van der Waals surface area contributed by atoms with Crippen LogP contribution in [-0.2, 0) is 65.4 Å². The van der Waals surface area contributed by atoms with Crippen LogP contribution >= 0.6 is 15.6 Å². The average Bonchev–Trinajstić information content (AvgIpc) is 0.958. The third-order valence-electron chi connectivity index (χ3n) is 19.5. The zero-order valence-electron chi connectivity index (χ0n) is 66.8. The summed E-state index contributed by atoms with van der Waals surface area (Å²) >= 11 is 0. The molecular formula is C83H162O17P2. The molecule has 0 aromatic heterocycles. The van der Waals surface area contributed by atoms with E-state index in [4.69, 9.17) is 37.0 Å². The number of phosphoric acid groups is 2. The van der Waals surface area contributed by atoms with Crippen molar-refractivity contribution in [3.63, 3.8) is 0 Å². The fourth-order valence-corrected chi connectivity index (χ4v) is 14.5. The fraction of sp³-hybridized carbons (Fsp3) is 0.952. The normalized spacial score (nSPS) is 13.8. The molecule has 0 bridgehead atoms. The Bertz CT molecular complexity index is 1940. The molecule has 0 spiro atoms. The molecule has 0 radical (unpaired) electrons. The van der Waals surface area contributed by atoms with Crippen molar-refractivity contribution in [3.8, 4) is 0 Å². The molecule has 0 saturated heterocycles. The van der Waals surface area contributed by atoms with Gasteiger partial charge in [-0.05, 0) is 31.6 Å². The molecule has 606 valence electrons. The predicted molar refractivity (Wildman–Crippen MR) is 418 cm³/mol. The first kappa shape index (κ1) is 100. The number of aliphatic hydroxyl groups is 1. The summed E-state index contributed by atoms with van der Waals surface area (Å²) < 4.78 is 68.7. The van der Waals surface area contributed by atoms with Crippen molar-refractivity contribution in [1.29, 1.82) is 0 Å². The van der Waals surface area contributed by atoms with Gasteiger partial charge in [-0.1, -0.05) is 394 Å². The molecule has 0 aliphatic rings. The van der Waals surface area contributed by atoms with Crippen LogP contribution in [0.15, 0.2) is 0 Å². The quantitative estimate of drug-likeness (QED) is 0.0222. The number of aliphatic hydroxyl groups excluding tert-OH is 1. The molecule has 0 fully saturated rings. The van der Waals surface area contributed by atoms with Crippen LogP contribution in [0.5, 0.6) is 0 Å². The van der Waals surface area contributed by atoms with Crippen LogP contribution in [0, 0.1) is 5.92 Å². The van der Waals surface area contributed by atoms with Gasteiger partial charge in [0.05, 0.1) is 26.4 Å². The van der Waals surface area contributed by atoms with E-state index in [1.165, 1.54) is 263 Å². The molecule has 3 N–H and O–H groups in total. The molecule has 17 nitrogen and oxygen atoms in total. The average molecular weight is 1490 g/mol. The van der Waals surface area contributed by atoms with Crippen LogP contribution in [0.1, 0.15) is 446 Å². The minimum atomic E-state index is -4.96. The Hall–Kier alpha value is -1.94. The number of phosphoric ester groups is 2. The SMILES string of the molecule is CCCCCCCCCCCCCCCCCCCCCCCC(=O)O[C@H](COC(=O)CCCCCCCCCCCCCCCCCCC)COP(=O)(O)OC[C@@H](O)COP(=O)(O)OC[C@@H](COC(=O)CCCCCCCCC(C)C)OC(=O)CCCCCCCCCCCCCCCCC. The number of ether oxygens (including phenoxy) is 4. The second-order valence-corrected chi connectivity index (χ2v) is 33.3. The van der Waals surface area contributed by atoms with Gasteiger partial charge in [-0.15, -0.1) is 0 Å². The standard InChI is InChI=1S/C83H162O17P2/c1-6-9-12-15-18-21-24-27-30-32-33-34-35-37-40-43-46-49-52-59-64-68-82(87)99-78(72-93-80(85)66-61-56-50-47-44-41-39-36-31-28-25-22-19-16-13-10-7-2)74-97-101(89,90)95-70-77(84)71-96-102(91,92)98-75-79(73-94-81(86)67-62-57-54-53-55-60-65-76(4)5)100-83(88)69-63-58-51-48-45-42-38-29-26-23-20-17-14-11-8-3/h76-79,84H,6-75H2,1-5H3,(H,89,90)(H,91,92)/t77-,78-,79-/m1/s1. The van der Waals surface area contributed by atoms with E-state index < -0.39 is 97.5 Å². The van der Waals surface area contributed by atoms with Crippen LogP contribution in [0.25, 0.3) is 0 Å². The van der Waals surface area contributed by atoms with Crippen LogP contribution in [0.3, 0.4) is 0 Å². The topological polar surface area (TPSA) is 237 Å². The van der Waals surface area contributed by atoms with E-state index in [1.54, 1.807) is 0 Å². The number of esters is 4. The fourth-order valence-electron chi connectivity index (χ4n) is 12.9. The second kappa shape index (κ2) is 75.9. The van der Waals surface area contributed by atoms with Gasteiger partial charge in [0, 0.05) is 25.7 Å². The third kappa shape index (κ3) is 76.3. The Morgan fingerprint density at radius 3 is 0.667 bits per heavy atom. The highest BCUT2D eigenvalue weighted by Gasteiger charge is 2.30. The highest BCUT2D eigenvalue weighted by molar-refractivity contribution is 7.47. The molecule has 2 unspecified atom stereocenters. The van der Waals surface area contributed by atoms with Crippen molar-refractivity contribution in [1.82, 2.24) is 0 Å². The largest absolute Gasteiger partial charge is 0.472 e. The molecule has 0 heterocycles. The number of unbranched alkanes of at least 4 members (excludes halogenated alkanes) is 55. The summed E-state index contributed by atoms with van der Waals surface area (Å²) in [5.41, 5.74) is 0. The zero-order valence-corrected chi connectivity index (χ0v) is 68.5. The molecule has 0 aromatic rings. The Morgan fingerprint density at radius 2 is 0.451 bits per heavy atom. The van der Waals surface area contributed by atoms with Crippen molar-refractivity contribution >= 4 is 39.5 Å². The van der Waals surface area contributed by atoms with Crippen LogP contribution in [0.2, 0.25) is 0 Å². The van der Waals surface area contributed by atoms with Crippen LogP contribution < -0.4 is 0 Å². The second-order valence-electron chi connectivity index (χ2n) is 30.3. The molecule has 5 atom stereocenters. The Morgan fingerprint density at radius 1 is 0.265 bits per heavy atom. The summed E-state index contributed by atoms with van der Waals surface area (Å²) in [6.07, 6.45) is 68.2. The molecule has 0 aliphatic heterocycles. The summed E-state index contributed by atoms with van der Waals surface area (Å²) in [5, 5.41) is 10.6. The first-order valence-electron chi connectivity index (χ1n) is 43.1. The Labute approximate surface area is 626 Å². The van der Waals surface area contributed by atoms with E-state index in [0.717, 1.165) is 96.3 Å². The van der Waals surface area contributed by atoms with E-state index in [9.17, 15) is 43.2 Å². The van der Waals surface area contributed by atoms with Crippen molar-refractivity contribution < 1.29 is 80.2 Å². The van der Waals surface area contributed by atoms with Crippen molar-refractivity contribution in [2.24, 2.45) is 5.92 Å². The van der Waals surface area contributed by atoms with Gasteiger partial charge in [-0.3, -0.25) is 37.3 Å². The van der Waals surface area contributed by atoms with E-state index >= 15 is 0 Å². The maximum Gasteiger partial charge on any atom is 0.472 e. The zero-order chi connectivity index (χ0) is 74.8. The first-order valence-corrected chi connectivity index (χ1v) is 46.1. The van der Waals surface area contributed by atoms with Crippen molar-refractivity contribution in [2.45, 2.75) is 464 Å². The van der Waals surface area contributed by atoms with Crippen molar-refractivity contribution in [3.05, 3.63) is 0 Å². The van der Waals surface area contributed by atoms with Gasteiger partial charge < -0.3 is 33.8 Å². The van der Waals surface area contributed by atoms with E-state index in [1.807, 2.05) is 0 Å². The molecule has 102 heavy (non-hydrogen) atoms. The number of rotatable bonds is 83. The van der Waals surface area contributed by atoms with Gasteiger partial charge in [0.2, 0.25) is 0 Å². The molecule has 0 aromatic carbocycles. The van der Waals surface area contributed by atoms with Crippen LogP contribution in [0.4, 0.5) is 0 Å². The van der Waals surface area contributed by atoms with E-state index in [0.29, 0.717) is 31.6 Å². The highest BCUT2D eigenvalue weighted by atomic mass is 31.2. The summed E-state index contributed by atoms with van der Waals surface area (Å²) in [6, 6.07) is 0. The van der Waals surface area contributed by atoms with Gasteiger partial charge in [-0.2, -0.15) is 0 Å². The summed E-state index contributed by atoms with van der Waals surface area (Å²) in [6.45, 7) is 7.26. The van der Waals surface area contributed by atoms with Crippen molar-refractivity contribution in [2.75, 3.05) is 39.6 Å². The molecule has 0 aliphatic carbocycles. The lowest BCUT2D eigenvalue weighted by Gasteiger charge is -2.21. The monoisotopic (exact) mass is 1490 g/mol. The minimum Gasteiger partial charge on any atom is -0.462 e. The Kier molecular flexibility index (Phi) is 74.4. The maximum atomic E-state index is 13.1. The van der Waals surface area contributed by atoms with Gasteiger partial charge in [0.15, 0.2) is 12.2 Å². The van der Waals surface area contributed by atoms with Crippen LogP contribution in [-0.4, -0.2) is 96.7 Å². The van der Waals surface area contributed by atoms with Gasteiger partial charge >= 0.3 is 39.5 Å². The number of hydrogen-bond acceptors (Lipinski definition) is 15. The van der Waals surface area contributed by atoms with E-state index in [2.05, 4.69) is 34.6 Å². The summed E-state index contributed by atoms with van der Waals surface area (Å²) in [4.78, 5) is 73.0. The molecule has 0 rings (SSSR count). The van der Waals surface area contributed by atoms with E-state index in [-0.39, 0.29) is 25.7 Å². The molecule has 19 heteroatoms. The van der Waals surface area contributed by atoms with Gasteiger partial charge in [-0.25, -0.2) is 9.13 Å². The minimum absolute atomic E-state index is 0.108. The lowest BCUT2D eigenvalue weighted by molar-refractivity contribution is -0.161.